The SMILES string of the molecule is CC(N)CCN(C)C1CCCC(C)C1. The first-order valence-electron chi connectivity index (χ1n) is 6.05. The third-order valence-electron chi connectivity index (χ3n) is 3.47. The van der Waals surface area contributed by atoms with Gasteiger partial charge in [0.05, 0.1) is 0 Å². The molecule has 2 N–H and O–H groups in total. The highest BCUT2D eigenvalue weighted by molar-refractivity contribution is 4.77. The molecule has 1 aliphatic carbocycles. The molecule has 0 amide bonds. The van der Waals surface area contributed by atoms with Crippen LogP contribution in [0, 0.1) is 5.92 Å². The van der Waals surface area contributed by atoms with Crippen LogP contribution in [0.25, 0.3) is 0 Å². The second kappa shape index (κ2) is 5.72. The highest BCUT2D eigenvalue weighted by Gasteiger charge is 2.21. The van der Waals surface area contributed by atoms with Gasteiger partial charge >= 0.3 is 0 Å². The maximum absolute atomic E-state index is 5.77. The zero-order valence-electron chi connectivity index (χ0n) is 10.00. The summed E-state index contributed by atoms with van der Waals surface area (Å²) in [6.07, 6.45) is 6.74. The Balaban J connectivity index is 2.25. The predicted octanol–water partition coefficient (Wildman–Crippen LogP) is 2.23. The summed E-state index contributed by atoms with van der Waals surface area (Å²) in [7, 11) is 2.26. The lowest BCUT2D eigenvalue weighted by molar-refractivity contribution is 0.160. The van der Waals surface area contributed by atoms with E-state index in [1.807, 2.05) is 0 Å². The van der Waals surface area contributed by atoms with E-state index < -0.39 is 0 Å². The fourth-order valence-corrected chi connectivity index (χ4v) is 2.39. The highest BCUT2D eigenvalue weighted by atomic mass is 15.1. The van der Waals surface area contributed by atoms with Crippen LogP contribution in [0.4, 0.5) is 0 Å². The fraction of sp³-hybridized carbons (Fsp3) is 1.00. The summed E-state index contributed by atoms with van der Waals surface area (Å²) in [5, 5.41) is 0. The van der Waals surface area contributed by atoms with E-state index in [0.29, 0.717) is 6.04 Å². The first kappa shape index (κ1) is 12.0. The zero-order chi connectivity index (χ0) is 10.6. The normalized spacial score (nSPS) is 30.6. The van der Waals surface area contributed by atoms with Gasteiger partial charge in [0, 0.05) is 12.1 Å². The van der Waals surface area contributed by atoms with Crippen molar-refractivity contribution in [3.63, 3.8) is 0 Å². The van der Waals surface area contributed by atoms with Gasteiger partial charge in [0.15, 0.2) is 0 Å². The molecule has 0 heterocycles. The van der Waals surface area contributed by atoms with E-state index in [4.69, 9.17) is 5.73 Å². The second-order valence-corrected chi connectivity index (χ2v) is 5.17. The molecule has 1 fully saturated rings. The van der Waals surface area contributed by atoms with Gasteiger partial charge in [0.2, 0.25) is 0 Å². The molecule has 3 atom stereocenters. The molecule has 0 saturated heterocycles. The van der Waals surface area contributed by atoms with Crippen LogP contribution in [0.3, 0.4) is 0 Å². The standard InChI is InChI=1S/C12H26N2/c1-10-5-4-6-12(9-10)14(3)8-7-11(2)13/h10-12H,4-9,13H2,1-3H3. The first-order valence-corrected chi connectivity index (χ1v) is 6.05. The van der Waals surface area contributed by atoms with Crippen molar-refractivity contribution in [1.82, 2.24) is 4.90 Å². The molecule has 1 aliphatic rings. The Morgan fingerprint density at radius 3 is 2.71 bits per heavy atom. The van der Waals surface area contributed by atoms with Gasteiger partial charge in [-0.3, -0.25) is 0 Å². The molecular weight excluding hydrogens is 172 g/mol. The highest BCUT2D eigenvalue weighted by Crippen LogP contribution is 2.26. The van der Waals surface area contributed by atoms with E-state index in [2.05, 4.69) is 25.8 Å². The molecule has 2 nitrogen and oxygen atoms in total. The molecule has 84 valence electrons. The van der Waals surface area contributed by atoms with Crippen molar-refractivity contribution in [3.8, 4) is 0 Å². The number of hydrogen-bond acceptors (Lipinski definition) is 2. The maximum Gasteiger partial charge on any atom is 0.00947 e. The smallest absolute Gasteiger partial charge is 0.00947 e. The predicted molar refractivity (Wildman–Crippen MR) is 62.3 cm³/mol. The topological polar surface area (TPSA) is 29.3 Å². The van der Waals surface area contributed by atoms with Gasteiger partial charge < -0.3 is 10.6 Å². The lowest BCUT2D eigenvalue weighted by Gasteiger charge is -2.34. The molecule has 0 spiro atoms. The van der Waals surface area contributed by atoms with Gasteiger partial charge in [0.1, 0.15) is 0 Å². The monoisotopic (exact) mass is 198 g/mol. The molecule has 0 aromatic carbocycles. The summed E-state index contributed by atoms with van der Waals surface area (Å²) in [5.41, 5.74) is 5.77. The average molecular weight is 198 g/mol. The maximum atomic E-state index is 5.77. The third kappa shape index (κ3) is 3.97. The average Bonchev–Trinajstić information content (AvgIpc) is 2.14. The summed E-state index contributed by atoms with van der Waals surface area (Å²) < 4.78 is 0. The van der Waals surface area contributed by atoms with Gasteiger partial charge in [-0.25, -0.2) is 0 Å². The van der Waals surface area contributed by atoms with Crippen LogP contribution >= 0.6 is 0 Å². The lowest BCUT2D eigenvalue weighted by atomic mass is 9.86. The van der Waals surface area contributed by atoms with Crippen molar-refractivity contribution in [2.45, 2.75) is 58.0 Å². The van der Waals surface area contributed by atoms with E-state index >= 15 is 0 Å². The van der Waals surface area contributed by atoms with Crippen LogP contribution in [0.5, 0.6) is 0 Å². The third-order valence-corrected chi connectivity index (χ3v) is 3.47. The summed E-state index contributed by atoms with van der Waals surface area (Å²) in [6, 6.07) is 1.16. The molecule has 0 aromatic heterocycles. The number of rotatable bonds is 4. The fourth-order valence-electron chi connectivity index (χ4n) is 2.39. The lowest BCUT2D eigenvalue weighted by Crippen LogP contribution is -2.37. The Labute approximate surface area is 88.8 Å². The van der Waals surface area contributed by atoms with E-state index in [9.17, 15) is 0 Å². The summed E-state index contributed by atoms with van der Waals surface area (Å²) in [5.74, 6) is 0.923. The van der Waals surface area contributed by atoms with Gasteiger partial charge in [0.25, 0.3) is 0 Å². The minimum absolute atomic E-state index is 0.346. The van der Waals surface area contributed by atoms with Crippen LogP contribution in [-0.2, 0) is 0 Å². The summed E-state index contributed by atoms with van der Waals surface area (Å²) in [4.78, 5) is 2.51. The minimum Gasteiger partial charge on any atom is -0.328 e. The Kier molecular flexibility index (Phi) is 4.90. The van der Waals surface area contributed by atoms with Crippen LogP contribution in [0.1, 0.15) is 46.0 Å². The summed E-state index contributed by atoms with van der Waals surface area (Å²) >= 11 is 0. The summed E-state index contributed by atoms with van der Waals surface area (Å²) in [6.45, 7) is 5.64. The van der Waals surface area contributed by atoms with Crippen molar-refractivity contribution in [2.75, 3.05) is 13.6 Å². The van der Waals surface area contributed by atoms with Crippen molar-refractivity contribution in [2.24, 2.45) is 11.7 Å². The van der Waals surface area contributed by atoms with E-state index in [-0.39, 0.29) is 0 Å². The Morgan fingerprint density at radius 2 is 2.14 bits per heavy atom. The van der Waals surface area contributed by atoms with Crippen LogP contribution in [-0.4, -0.2) is 30.6 Å². The molecule has 3 unspecified atom stereocenters. The largest absolute Gasteiger partial charge is 0.328 e. The molecule has 0 radical (unpaired) electrons. The van der Waals surface area contributed by atoms with Crippen molar-refractivity contribution in [3.05, 3.63) is 0 Å². The number of nitrogens with two attached hydrogens (primary N) is 1. The van der Waals surface area contributed by atoms with Gasteiger partial charge in [-0.15, -0.1) is 0 Å². The molecule has 0 aliphatic heterocycles. The minimum atomic E-state index is 0.346. The van der Waals surface area contributed by atoms with Gasteiger partial charge in [-0.05, 0) is 45.7 Å². The molecular formula is C12H26N2. The quantitative estimate of drug-likeness (QED) is 0.750. The van der Waals surface area contributed by atoms with E-state index in [1.54, 1.807) is 0 Å². The Morgan fingerprint density at radius 1 is 1.43 bits per heavy atom. The molecule has 1 rings (SSSR count). The molecule has 2 heteroatoms. The Hall–Kier alpha value is -0.0800. The molecule has 14 heavy (non-hydrogen) atoms. The van der Waals surface area contributed by atoms with E-state index in [1.165, 1.54) is 25.7 Å². The molecule has 1 saturated carbocycles. The molecule has 0 aromatic rings. The zero-order valence-corrected chi connectivity index (χ0v) is 10.00. The van der Waals surface area contributed by atoms with Crippen LogP contribution in [0.2, 0.25) is 0 Å². The van der Waals surface area contributed by atoms with Gasteiger partial charge in [-0.1, -0.05) is 19.8 Å². The van der Waals surface area contributed by atoms with Gasteiger partial charge in [-0.2, -0.15) is 0 Å². The second-order valence-electron chi connectivity index (χ2n) is 5.17. The van der Waals surface area contributed by atoms with Crippen LogP contribution in [0.15, 0.2) is 0 Å². The van der Waals surface area contributed by atoms with Crippen LogP contribution < -0.4 is 5.73 Å². The van der Waals surface area contributed by atoms with Crippen molar-refractivity contribution >= 4 is 0 Å². The number of nitrogens with zero attached hydrogens (tertiary/aromatic N) is 1. The van der Waals surface area contributed by atoms with Crippen molar-refractivity contribution < 1.29 is 0 Å². The van der Waals surface area contributed by atoms with Crippen molar-refractivity contribution in [1.29, 1.82) is 0 Å². The number of hydrogen-bond donors (Lipinski definition) is 1. The Bertz CT molecular complexity index is 156. The first-order chi connectivity index (χ1) is 6.59. The molecule has 0 bridgehead atoms. The van der Waals surface area contributed by atoms with E-state index in [0.717, 1.165) is 24.9 Å².